The summed E-state index contributed by atoms with van der Waals surface area (Å²) in [5, 5.41) is 7.51. The maximum absolute atomic E-state index is 11.8. The van der Waals surface area contributed by atoms with Crippen molar-refractivity contribution in [3.63, 3.8) is 0 Å². The average Bonchev–Trinajstić information content (AvgIpc) is 3.06. The number of carbonyl (C=O) groups is 1. The molecule has 0 bridgehead atoms. The van der Waals surface area contributed by atoms with Crippen LogP contribution in [0.25, 0.3) is 0 Å². The molecule has 1 amide bonds. The van der Waals surface area contributed by atoms with Crippen molar-refractivity contribution in [1.82, 2.24) is 5.32 Å². The molecule has 0 fully saturated rings. The molecule has 0 spiro atoms. The fraction of sp³-hybridized carbons (Fsp3) is 0.0476. The summed E-state index contributed by atoms with van der Waals surface area (Å²) in [6.07, 6.45) is 0. The van der Waals surface area contributed by atoms with Crippen LogP contribution in [0.3, 0.4) is 0 Å². The Kier molecular flexibility index (Phi) is 4.01. The number of nitrogens with zero attached hydrogens (tertiary/aromatic N) is 1. The van der Waals surface area contributed by atoms with E-state index in [2.05, 4.69) is 15.8 Å². The van der Waals surface area contributed by atoms with Gasteiger partial charge in [-0.15, -0.1) is 0 Å². The van der Waals surface area contributed by atoms with E-state index in [-0.39, 0.29) is 5.91 Å². The van der Waals surface area contributed by atoms with Crippen molar-refractivity contribution in [2.24, 2.45) is 5.10 Å². The van der Waals surface area contributed by atoms with E-state index in [4.69, 9.17) is 0 Å². The van der Waals surface area contributed by atoms with Gasteiger partial charge in [-0.25, -0.2) is 0 Å². The molecule has 3 aromatic rings. The molecule has 0 saturated heterocycles. The number of carbonyl (C=O) groups excluding carboxylic acids is 1. The first-order valence-electron chi connectivity index (χ1n) is 8.17. The summed E-state index contributed by atoms with van der Waals surface area (Å²) in [6.45, 7) is 0.527. The lowest BCUT2D eigenvalue weighted by Gasteiger charge is -2.10. The van der Waals surface area contributed by atoms with Gasteiger partial charge in [-0.2, -0.15) is 5.10 Å². The molecule has 0 aromatic heterocycles. The molecule has 1 aliphatic rings. The highest BCUT2D eigenvalue weighted by atomic mass is 16.1. The van der Waals surface area contributed by atoms with Crippen LogP contribution in [-0.2, 0) is 6.54 Å². The van der Waals surface area contributed by atoms with Crippen LogP contribution in [0.1, 0.15) is 27.0 Å². The van der Waals surface area contributed by atoms with Crippen molar-refractivity contribution in [2.45, 2.75) is 6.54 Å². The zero-order valence-corrected chi connectivity index (χ0v) is 13.6. The van der Waals surface area contributed by atoms with E-state index in [1.165, 1.54) is 0 Å². The third-order valence-corrected chi connectivity index (χ3v) is 4.23. The Morgan fingerprint density at radius 3 is 2.12 bits per heavy atom. The zero-order valence-electron chi connectivity index (χ0n) is 13.6. The van der Waals surface area contributed by atoms with E-state index in [1.54, 1.807) is 0 Å². The Morgan fingerprint density at radius 1 is 0.840 bits per heavy atom. The van der Waals surface area contributed by atoms with E-state index in [0.29, 0.717) is 12.1 Å². The summed E-state index contributed by atoms with van der Waals surface area (Å²) in [4.78, 5) is 11.8. The van der Waals surface area contributed by atoms with Crippen LogP contribution >= 0.6 is 0 Å². The largest absolute Gasteiger partial charge is 0.348 e. The number of hydrogen-bond acceptors (Lipinski definition) is 3. The van der Waals surface area contributed by atoms with Gasteiger partial charge in [0.2, 0.25) is 0 Å². The number of hydrogen-bond donors (Lipinski definition) is 2. The highest BCUT2D eigenvalue weighted by Crippen LogP contribution is 2.24. The maximum Gasteiger partial charge on any atom is 0.251 e. The summed E-state index contributed by atoms with van der Waals surface area (Å²) in [5.41, 5.74) is 8.59. The van der Waals surface area contributed by atoms with E-state index in [9.17, 15) is 4.79 Å². The Labute approximate surface area is 146 Å². The van der Waals surface area contributed by atoms with Crippen LogP contribution < -0.4 is 10.7 Å². The minimum atomic E-state index is -0.0334. The van der Waals surface area contributed by atoms with Crippen molar-refractivity contribution in [3.8, 4) is 0 Å². The number of fused-ring (bicyclic) bond motifs is 1. The van der Waals surface area contributed by atoms with E-state index in [0.717, 1.165) is 28.1 Å². The number of nitrogens with one attached hydrogen (secondary N) is 2. The Bertz CT molecular complexity index is 892. The average molecular weight is 327 g/mol. The molecule has 4 rings (SSSR count). The lowest BCUT2D eigenvalue weighted by atomic mass is 10.0. The molecule has 2 N–H and O–H groups in total. The molecule has 0 radical (unpaired) electrons. The smallest absolute Gasteiger partial charge is 0.251 e. The number of hydrazone groups is 1. The third kappa shape index (κ3) is 3.02. The summed E-state index contributed by atoms with van der Waals surface area (Å²) < 4.78 is 0. The van der Waals surface area contributed by atoms with Gasteiger partial charge in [0.25, 0.3) is 5.91 Å². The monoisotopic (exact) mass is 327 g/mol. The van der Waals surface area contributed by atoms with Gasteiger partial charge in [-0.3, -0.25) is 10.2 Å². The van der Waals surface area contributed by atoms with E-state index < -0.39 is 0 Å². The molecule has 4 nitrogen and oxygen atoms in total. The number of rotatable bonds is 4. The lowest BCUT2D eigenvalue weighted by Crippen LogP contribution is -2.12. The second-order valence-electron chi connectivity index (χ2n) is 5.82. The van der Waals surface area contributed by atoms with E-state index >= 15 is 0 Å². The second kappa shape index (κ2) is 6.61. The Morgan fingerprint density at radius 2 is 1.48 bits per heavy atom. The van der Waals surface area contributed by atoms with Crippen LogP contribution in [0.5, 0.6) is 0 Å². The first kappa shape index (κ1) is 15.1. The second-order valence-corrected chi connectivity index (χ2v) is 5.82. The van der Waals surface area contributed by atoms with Crippen molar-refractivity contribution in [3.05, 3.63) is 101 Å². The van der Waals surface area contributed by atoms with Crippen LogP contribution in [0.4, 0.5) is 5.69 Å². The quantitative estimate of drug-likeness (QED) is 0.566. The van der Waals surface area contributed by atoms with Crippen LogP contribution in [0, 0.1) is 0 Å². The molecule has 0 atom stereocenters. The fourth-order valence-corrected chi connectivity index (χ4v) is 2.96. The summed E-state index contributed by atoms with van der Waals surface area (Å²) in [5.74, 6) is -0.0334. The van der Waals surface area contributed by atoms with Crippen molar-refractivity contribution in [1.29, 1.82) is 0 Å². The van der Waals surface area contributed by atoms with E-state index in [1.807, 2.05) is 78.9 Å². The van der Waals surface area contributed by atoms with Crippen molar-refractivity contribution >= 4 is 17.3 Å². The summed E-state index contributed by atoms with van der Waals surface area (Å²) >= 11 is 0. The van der Waals surface area contributed by atoms with Gasteiger partial charge >= 0.3 is 0 Å². The number of benzene rings is 3. The molecular formula is C21H17N3O. The highest BCUT2D eigenvalue weighted by molar-refractivity contribution is 6.13. The Balaban J connectivity index is 1.73. The van der Waals surface area contributed by atoms with Gasteiger partial charge in [0.15, 0.2) is 0 Å². The number of anilines is 1. The van der Waals surface area contributed by atoms with Gasteiger partial charge in [0.05, 0.1) is 11.4 Å². The van der Waals surface area contributed by atoms with Crippen LogP contribution in [0.2, 0.25) is 0 Å². The topological polar surface area (TPSA) is 53.5 Å². The van der Waals surface area contributed by atoms with Gasteiger partial charge < -0.3 is 5.32 Å². The SMILES string of the molecule is O=C1NCc2c(NN=C(c3ccccc3)c3ccccc3)cccc21. The third-order valence-electron chi connectivity index (χ3n) is 4.23. The van der Waals surface area contributed by atoms with Gasteiger partial charge in [-0.1, -0.05) is 66.7 Å². The van der Waals surface area contributed by atoms with Gasteiger partial charge in [-0.05, 0) is 12.1 Å². The first-order valence-corrected chi connectivity index (χ1v) is 8.17. The van der Waals surface area contributed by atoms with Crippen molar-refractivity contribution in [2.75, 3.05) is 5.43 Å². The molecule has 4 heteroatoms. The molecule has 0 aliphatic carbocycles. The Hall–Kier alpha value is -3.40. The normalized spacial score (nSPS) is 12.2. The standard InChI is InChI=1S/C21H17N3O/c25-21-17-12-7-13-19(18(17)14-22-21)23-24-20(15-8-3-1-4-9-15)16-10-5-2-6-11-16/h1-13,23H,14H2,(H,22,25). The highest BCUT2D eigenvalue weighted by Gasteiger charge is 2.21. The fourth-order valence-electron chi connectivity index (χ4n) is 2.96. The maximum atomic E-state index is 11.8. The minimum Gasteiger partial charge on any atom is -0.348 e. The predicted octanol–water partition coefficient (Wildman–Crippen LogP) is 3.79. The summed E-state index contributed by atoms with van der Waals surface area (Å²) in [7, 11) is 0. The lowest BCUT2D eigenvalue weighted by molar-refractivity contribution is 0.0966. The summed E-state index contributed by atoms with van der Waals surface area (Å²) in [6, 6.07) is 25.7. The van der Waals surface area contributed by atoms with Gasteiger partial charge in [0.1, 0.15) is 0 Å². The molecule has 0 saturated carbocycles. The molecule has 3 aromatic carbocycles. The molecular weight excluding hydrogens is 310 g/mol. The first-order chi connectivity index (χ1) is 12.3. The minimum absolute atomic E-state index is 0.0334. The van der Waals surface area contributed by atoms with Crippen LogP contribution in [-0.4, -0.2) is 11.6 Å². The van der Waals surface area contributed by atoms with Gasteiger partial charge in [0, 0.05) is 28.8 Å². The predicted molar refractivity (Wildman–Crippen MR) is 99.8 cm³/mol. The zero-order chi connectivity index (χ0) is 17.1. The van der Waals surface area contributed by atoms with Crippen molar-refractivity contribution < 1.29 is 4.79 Å². The van der Waals surface area contributed by atoms with Crippen LogP contribution in [0.15, 0.2) is 84.0 Å². The molecule has 25 heavy (non-hydrogen) atoms. The molecule has 1 aliphatic heterocycles. The molecule has 0 unspecified atom stereocenters. The molecule has 1 heterocycles. The molecule has 122 valence electrons. The number of amides is 1.